The Morgan fingerprint density at radius 3 is 2.71 bits per heavy atom. The minimum Gasteiger partial charge on any atom is -0.382 e. The van der Waals surface area contributed by atoms with E-state index in [1.54, 1.807) is 16.8 Å². The molecule has 0 aliphatic heterocycles. The largest absolute Gasteiger partial charge is 0.382 e. The predicted molar refractivity (Wildman–Crippen MR) is 61.4 cm³/mol. The maximum absolute atomic E-state index is 5.79. The first-order valence-electron chi connectivity index (χ1n) is 4.45. The first-order valence-corrected chi connectivity index (χ1v) is 5.33. The molecule has 2 nitrogen and oxygen atoms in total. The smallest absolute Gasteiger partial charge is 0.142 e. The second-order valence-electron chi connectivity index (χ2n) is 3.39. The summed E-state index contributed by atoms with van der Waals surface area (Å²) in [5, 5.41) is 0. The Kier molecular flexibility index (Phi) is 2.25. The van der Waals surface area contributed by atoms with Crippen LogP contribution < -0.4 is 5.73 Å². The van der Waals surface area contributed by atoms with Crippen LogP contribution in [0.15, 0.2) is 23.7 Å². The predicted octanol–water partition coefficient (Wildman–Crippen LogP) is 3.01. The summed E-state index contributed by atoms with van der Waals surface area (Å²) >= 11 is 1.59. The standard InChI is InChI=1S/C11H12N2S/c1-7-3-4-8(2)9(5-7)10-11(12)13-6-14-10/h3-6H,12H2,1-2H3. The number of aromatic nitrogens is 1. The molecule has 0 unspecified atom stereocenters. The highest BCUT2D eigenvalue weighted by Gasteiger charge is 2.07. The van der Waals surface area contributed by atoms with Crippen LogP contribution >= 0.6 is 11.3 Å². The van der Waals surface area contributed by atoms with Crippen molar-refractivity contribution < 1.29 is 0 Å². The molecule has 0 aliphatic carbocycles. The molecule has 14 heavy (non-hydrogen) atoms. The fourth-order valence-electron chi connectivity index (χ4n) is 1.44. The van der Waals surface area contributed by atoms with Crippen molar-refractivity contribution in [2.24, 2.45) is 0 Å². The lowest BCUT2D eigenvalue weighted by molar-refractivity contribution is 1.38. The topological polar surface area (TPSA) is 38.9 Å². The van der Waals surface area contributed by atoms with Crippen molar-refractivity contribution in [1.29, 1.82) is 0 Å². The summed E-state index contributed by atoms with van der Waals surface area (Å²) in [5.41, 5.74) is 11.3. The Morgan fingerprint density at radius 2 is 2.07 bits per heavy atom. The molecule has 1 aromatic carbocycles. The number of hydrogen-bond donors (Lipinski definition) is 1. The number of anilines is 1. The van der Waals surface area contributed by atoms with Gasteiger partial charge in [0, 0.05) is 0 Å². The van der Waals surface area contributed by atoms with Crippen molar-refractivity contribution in [3.8, 4) is 10.4 Å². The molecular weight excluding hydrogens is 192 g/mol. The second-order valence-corrected chi connectivity index (χ2v) is 4.24. The van der Waals surface area contributed by atoms with Crippen molar-refractivity contribution in [2.75, 3.05) is 5.73 Å². The highest BCUT2D eigenvalue weighted by atomic mass is 32.1. The van der Waals surface area contributed by atoms with Crippen molar-refractivity contribution >= 4 is 17.2 Å². The van der Waals surface area contributed by atoms with Crippen LogP contribution in [0.3, 0.4) is 0 Å². The molecule has 0 saturated carbocycles. The molecule has 0 aliphatic rings. The van der Waals surface area contributed by atoms with Gasteiger partial charge in [0.2, 0.25) is 0 Å². The summed E-state index contributed by atoms with van der Waals surface area (Å²) in [6.07, 6.45) is 0. The molecular formula is C11H12N2S. The molecule has 2 aromatic rings. The van der Waals surface area contributed by atoms with Crippen LogP contribution in [0.5, 0.6) is 0 Å². The van der Waals surface area contributed by atoms with Gasteiger partial charge < -0.3 is 5.73 Å². The van der Waals surface area contributed by atoms with Gasteiger partial charge in [0.05, 0.1) is 10.4 Å². The van der Waals surface area contributed by atoms with E-state index in [4.69, 9.17) is 5.73 Å². The Bertz CT molecular complexity index is 460. The molecule has 1 heterocycles. The van der Waals surface area contributed by atoms with Crippen molar-refractivity contribution in [1.82, 2.24) is 4.98 Å². The van der Waals surface area contributed by atoms with Crippen LogP contribution in [0.1, 0.15) is 11.1 Å². The van der Waals surface area contributed by atoms with Gasteiger partial charge in [0.25, 0.3) is 0 Å². The van der Waals surface area contributed by atoms with Crippen LogP contribution in [0.4, 0.5) is 5.82 Å². The molecule has 2 rings (SSSR count). The molecule has 0 amide bonds. The zero-order valence-corrected chi connectivity index (χ0v) is 9.06. The summed E-state index contributed by atoms with van der Waals surface area (Å²) in [4.78, 5) is 5.14. The zero-order valence-electron chi connectivity index (χ0n) is 8.24. The molecule has 2 N–H and O–H groups in total. The minimum atomic E-state index is 0.628. The molecule has 1 aromatic heterocycles. The van der Waals surface area contributed by atoms with Crippen LogP contribution in [0.2, 0.25) is 0 Å². The highest BCUT2D eigenvalue weighted by molar-refractivity contribution is 7.13. The number of aryl methyl sites for hydroxylation is 2. The van der Waals surface area contributed by atoms with Gasteiger partial charge in [-0.2, -0.15) is 0 Å². The summed E-state index contributed by atoms with van der Waals surface area (Å²) in [6, 6.07) is 6.37. The number of thiazole rings is 1. The zero-order chi connectivity index (χ0) is 10.1. The highest BCUT2D eigenvalue weighted by Crippen LogP contribution is 2.32. The van der Waals surface area contributed by atoms with E-state index >= 15 is 0 Å². The molecule has 3 heteroatoms. The van der Waals surface area contributed by atoms with Gasteiger partial charge in [-0.05, 0) is 25.0 Å². The minimum absolute atomic E-state index is 0.628. The molecule has 72 valence electrons. The maximum Gasteiger partial charge on any atom is 0.142 e. The van der Waals surface area contributed by atoms with E-state index in [0.29, 0.717) is 5.82 Å². The number of benzene rings is 1. The Hall–Kier alpha value is -1.35. The normalized spacial score (nSPS) is 10.4. The average molecular weight is 204 g/mol. The van der Waals surface area contributed by atoms with Crippen molar-refractivity contribution in [2.45, 2.75) is 13.8 Å². The molecule has 0 atom stereocenters. The van der Waals surface area contributed by atoms with Crippen molar-refractivity contribution in [3.05, 3.63) is 34.8 Å². The number of nitrogens with zero attached hydrogens (tertiary/aromatic N) is 1. The SMILES string of the molecule is Cc1ccc(C)c(-c2scnc2N)c1. The Balaban J connectivity index is 2.62. The van der Waals surface area contributed by atoms with Gasteiger partial charge >= 0.3 is 0 Å². The van der Waals surface area contributed by atoms with E-state index in [0.717, 1.165) is 4.88 Å². The van der Waals surface area contributed by atoms with Gasteiger partial charge in [-0.25, -0.2) is 4.98 Å². The first kappa shape index (κ1) is 9.21. The second kappa shape index (κ2) is 3.42. The third kappa shape index (κ3) is 1.51. The summed E-state index contributed by atoms with van der Waals surface area (Å²) in [5.74, 6) is 0.628. The number of hydrogen-bond acceptors (Lipinski definition) is 3. The number of nitrogen functional groups attached to an aromatic ring is 1. The van der Waals surface area contributed by atoms with Crippen LogP contribution in [0.25, 0.3) is 10.4 Å². The monoisotopic (exact) mass is 204 g/mol. The van der Waals surface area contributed by atoms with Crippen LogP contribution in [-0.4, -0.2) is 4.98 Å². The lowest BCUT2D eigenvalue weighted by Crippen LogP contribution is -1.89. The fraction of sp³-hybridized carbons (Fsp3) is 0.182. The fourth-order valence-corrected chi connectivity index (χ4v) is 2.23. The Labute approximate surface area is 87.4 Å². The molecule has 0 fully saturated rings. The molecule has 0 radical (unpaired) electrons. The Morgan fingerprint density at radius 1 is 1.29 bits per heavy atom. The van der Waals surface area contributed by atoms with E-state index in [1.807, 2.05) is 0 Å². The third-order valence-corrected chi connectivity index (χ3v) is 3.11. The van der Waals surface area contributed by atoms with E-state index in [9.17, 15) is 0 Å². The molecule has 0 spiro atoms. The van der Waals surface area contributed by atoms with Gasteiger partial charge in [0.1, 0.15) is 5.82 Å². The van der Waals surface area contributed by atoms with E-state index in [1.165, 1.54) is 16.7 Å². The summed E-state index contributed by atoms with van der Waals surface area (Å²) in [6.45, 7) is 4.17. The van der Waals surface area contributed by atoms with E-state index in [-0.39, 0.29) is 0 Å². The summed E-state index contributed by atoms with van der Waals surface area (Å²) in [7, 11) is 0. The van der Waals surface area contributed by atoms with Gasteiger partial charge in [0.15, 0.2) is 0 Å². The third-order valence-electron chi connectivity index (χ3n) is 2.23. The van der Waals surface area contributed by atoms with Crippen LogP contribution in [0, 0.1) is 13.8 Å². The molecule has 0 bridgehead atoms. The first-order chi connectivity index (χ1) is 6.68. The van der Waals surface area contributed by atoms with Gasteiger partial charge in [-0.1, -0.05) is 23.8 Å². The average Bonchev–Trinajstić information content (AvgIpc) is 2.56. The molecule has 0 saturated heterocycles. The van der Waals surface area contributed by atoms with E-state index in [2.05, 4.69) is 37.0 Å². The lowest BCUT2D eigenvalue weighted by atomic mass is 10.0. The number of nitrogens with two attached hydrogens (primary N) is 1. The van der Waals surface area contributed by atoms with Crippen molar-refractivity contribution in [3.63, 3.8) is 0 Å². The summed E-state index contributed by atoms with van der Waals surface area (Å²) < 4.78 is 0. The quantitative estimate of drug-likeness (QED) is 0.775. The van der Waals surface area contributed by atoms with Gasteiger partial charge in [-0.15, -0.1) is 11.3 Å². The lowest BCUT2D eigenvalue weighted by Gasteiger charge is -2.04. The van der Waals surface area contributed by atoms with Gasteiger partial charge in [-0.3, -0.25) is 0 Å². The maximum atomic E-state index is 5.79. The van der Waals surface area contributed by atoms with E-state index < -0.39 is 0 Å². The number of rotatable bonds is 1. The van der Waals surface area contributed by atoms with Crippen LogP contribution in [-0.2, 0) is 0 Å².